The number of aryl methyl sites for hydroxylation is 1. The van der Waals surface area contributed by atoms with Gasteiger partial charge in [-0.25, -0.2) is 4.98 Å². The molecule has 3 aromatic rings. The van der Waals surface area contributed by atoms with Crippen molar-refractivity contribution in [2.75, 3.05) is 6.61 Å². The number of hydrogen-bond donors (Lipinski definition) is 1. The Morgan fingerprint density at radius 1 is 1.28 bits per heavy atom. The van der Waals surface area contributed by atoms with E-state index in [1.807, 2.05) is 60.2 Å². The Bertz CT molecular complexity index is 863. The van der Waals surface area contributed by atoms with Gasteiger partial charge < -0.3 is 14.6 Å². The van der Waals surface area contributed by atoms with Crippen molar-refractivity contribution in [1.82, 2.24) is 14.9 Å². The molecule has 0 atom stereocenters. The molecule has 0 spiro atoms. The third-order valence-electron chi connectivity index (χ3n) is 3.75. The number of benzene rings is 2. The first-order valence-corrected chi connectivity index (χ1v) is 8.64. The Kier molecular flexibility index (Phi) is 5.50. The quantitative estimate of drug-likeness (QED) is 0.688. The van der Waals surface area contributed by atoms with Crippen LogP contribution in [0.15, 0.2) is 65.7 Å². The summed E-state index contributed by atoms with van der Waals surface area (Å²) in [5.74, 6) is 0.510. The minimum Gasteiger partial charge on any atom is -0.484 e. The van der Waals surface area contributed by atoms with Gasteiger partial charge in [0, 0.05) is 23.4 Å². The maximum Gasteiger partial charge on any atom is 0.258 e. The highest BCUT2D eigenvalue weighted by Gasteiger charge is 2.07. The van der Waals surface area contributed by atoms with E-state index in [-0.39, 0.29) is 12.5 Å². The predicted octanol–water partition coefficient (Wildman–Crippen LogP) is 3.64. The molecule has 0 aliphatic heterocycles. The topological polar surface area (TPSA) is 56.1 Å². The molecule has 0 saturated heterocycles. The van der Waals surface area contributed by atoms with Crippen LogP contribution in [0.5, 0.6) is 5.75 Å². The second-order valence-corrected chi connectivity index (χ2v) is 6.43. The lowest BCUT2D eigenvalue weighted by atomic mass is 10.1. The third-order valence-corrected chi connectivity index (χ3v) is 4.64. The average Bonchev–Trinajstić information content (AvgIpc) is 3.15. The van der Waals surface area contributed by atoms with Gasteiger partial charge in [0.15, 0.2) is 6.61 Å². The second kappa shape index (κ2) is 7.98. The van der Waals surface area contributed by atoms with E-state index in [0.717, 1.165) is 21.3 Å². The maximum atomic E-state index is 12.1. The zero-order chi connectivity index (χ0) is 17.6. The van der Waals surface area contributed by atoms with Crippen LogP contribution in [0, 0.1) is 6.92 Å². The zero-order valence-electron chi connectivity index (χ0n) is 13.8. The zero-order valence-corrected chi connectivity index (χ0v) is 15.4. The van der Waals surface area contributed by atoms with Gasteiger partial charge in [0.1, 0.15) is 5.75 Å². The molecule has 5 nitrogen and oxygen atoms in total. The van der Waals surface area contributed by atoms with E-state index in [1.54, 1.807) is 12.5 Å². The van der Waals surface area contributed by atoms with Crippen molar-refractivity contribution < 1.29 is 9.53 Å². The van der Waals surface area contributed by atoms with Gasteiger partial charge in [-0.2, -0.15) is 0 Å². The minimum absolute atomic E-state index is 0.0195. The Hall–Kier alpha value is -2.60. The molecule has 1 aromatic heterocycles. The van der Waals surface area contributed by atoms with Gasteiger partial charge in [0.25, 0.3) is 5.91 Å². The summed E-state index contributed by atoms with van der Waals surface area (Å²) in [5, 5.41) is 2.89. The molecule has 0 aliphatic carbocycles. The molecule has 3 rings (SSSR count). The van der Waals surface area contributed by atoms with E-state index in [4.69, 9.17) is 4.74 Å². The van der Waals surface area contributed by atoms with Crippen LogP contribution in [0.25, 0.3) is 5.69 Å². The Labute approximate surface area is 154 Å². The van der Waals surface area contributed by atoms with Crippen molar-refractivity contribution in [1.29, 1.82) is 0 Å². The summed E-state index contributed by atoms with van der Waals surface area (Å²) in [6.45, 7) is 2.38. The number of carbonyl (C=O) groups is 1. The van der Waals surface area contributed by atoms with Crippen molar-refractivity contribution in [2.45, 2.75) is 13.5 Å². The SMILES string of the molecule is Cc1cc(OCC(=O)NCc2ccccc2-n2ccnc2)ccc1Br. The Morgan fingerprint density at radius 3 is 2.88 bits per heavy atom. The summed E-state index contributed by atoms with van der Waals surface area (Å²) in [7, 11) is 0. The van der Waals surface area contributed by atoms with Gasteiger partial charge in [-0.1, -0.05) is 34.1 Å². The monoisotopic (exact) mass is 399 g/mol. The first kappa shape index (κ1) is 17.2. The first-order valence-electron chi connectivity index (χ1n) is 7.85. The van der Waals surface area contributed by atoms with E-state index in [9.17, 15) is 4.79 Å². The van der Waals surface area contributed by atoms with Crippen LogP contribution < -0.4 is 10.1 Å². The smallest absolute Gasteiger partial charge is 0.258 e. The number of hydrogen-bond acceptors (Lipinski definition) is 3. The number of imidazole rings is 1. The van der Waals surface area contributed by atoms with E-state index in [2.05, 4.69) is 26.2 Å². The summed E-state index contributed by atoms with van der Waals surface area (Å²) < 4.78 is 8.48. The number of amides is 1. The van der Waals surface area contributed by atoms with Crippen molar-refractivity contribution in [3.63, 3.8) is 0 Å². The highest BCUT2D eigenvalue weighted by molar-refractivity contribution is 9.10. The van der Waals surface area contributed by atoms with Gasteiger partial charge in [0.05, 0.1) is 12.0 Å². The van der Waals surface area contributed by atoms with Crippen molar-refractivity contribution in [2.24, 2.45) is 0 Å². The molecule has 128 valence electrons. The van der Waals surface area contributed by atoms with Gasteiger partial charge in [-0.15, -0.1) is 0 Å². The summed E-state index contributed by atoms with van der Waals surface area (Å²) in [6.07, 6.45) is 5.34. The molecule has 0 saturated carbocycles. The second-order valence-electron chi connectivity index (χ2n) is 5.58. The molecule has 6 heteroatoms. The largest absolute Gasteiger partial charge is 0.484 e. The number of para-hydroxylation sites is 1. The molecule has 0 bridgehead atoms. The van der Waals surface area contributed by atoms with E-state index >= 15 is 0 Å². The van der Waals surface area contributed by atoms with Gasteiger partial charge in [0.2, 0.25) is 0 Å². The number of carbonyl (C=O) groups excluding carboxylic acids is 1. The normalized spacial score (nSPS) is 10.5. The summed E-state index contributed by atoms with van der Waals surface area (Å²) >= 11 is 3.44. The third kappa shape index (κ3) is 4.48. The number of nitrogens with one attached hydrogen (secondary N) is 1. The standard InChI is InChI=1S/C19H18BrN3O2/c1-14-10-16(6-7-17(14)20)25-12-19(24)22-11-15-4-2-3-5-18(15)23-9-8-21-13-23/h2-10,13H,11-12H2,1H3,(H,22,24). The van der Waals surface area contributed by atoms with Crippen LogP contribution in [0.3, 0.4) is 0 Å². The highest BCUT2D eigenvalue weighted by Crippen LogP contribution is 2.21. The van der Waals surface area contributed by atoms with Gasteiger partial charge >= 0.3 is 0 Å². The molecule has 0 fully saturated rings. The van der Waals surface area contributed by atoms with Crippen LogP contribution in [-0.2, 0) is 11.3 Å². The fourth-order valence-electron chi connectivity index (χ4n) is 2.41. The summed E-state index contributed by atoms with van der Waals surface area (Å²) in [4.78, 5) is 16.1. The molecule has 1 amide bonds. The van der Waals surface area contributed by atoms with Crippen molar-refractivity contribution >= 4 is 21.8 Å². The van der Waals surface area contributed by atoms with E-state index in [0.29, 0.717) is 12.3 Å². The molecule has 25 heavy (non-hydrogen) atoms. The molecular formula is C19H18BrN3O2. The number of rotatable bonds is 6. The first-order chi connectivity index (χ1) is 12.1. The molecule has 0 aliphatic rings. The van der Waals surface area contributed by atoms with Crippen molar-refractivity contribution in [3.05, 3.63) is 76.8 Å². The van der Waals surface area contributed by atoms with Crippen LogP contribution in [-0.4, -0.2) is 22.1 Å². The molecule has 1 N–H and O–H groups in total. The van der Waals surface area contributed by atoms with Crippen LogP contribution in [0.4, 0.5) is 0 Å². The fraction of sp³-hybridized carbons (Fsp3) is 0.158. The van der Waals surface area contributed by atoms with Crippen LogP contribution >= 0.6 is 15.9 Å². The predicted molar refractivity (Wildman–Crippen MR) is 99.8 cm³/mol. The summed E-state index contributed by atoms with van der Waals surface area (Å²) in [5.41, 5.74) is 3.06. The van der Waals surface area contributed by atoms with E-state index in [1.165, 1.54) is 0 Å². The number of ether oxygens (including phenoxy) is 1. The number of nitrogens with zero attached hydrogens (tertiary/aromatic N) is 2. The maximum absolute atomic E-state index is 12.1. The van der Waals surface area contributed by atoms with Gasteiger partial charge in [-0.3, -0.25) is 4.79 Å². The number of halogens is 1. The fourth-order valence-corrected chi connectivity index (χ4v) is 2.66. The molecule has 2 aromatic carbocycles. The van der Waals surface area contributed by atoms with E-state index < -0.39 is 0 Å². The van der Waals surface area contributed by atoms with Crippen LogP contribution in [0.1, 0.15) is 11.1 Å². The lowest BCUT2D eigenvalue weighted by Gasteiger charge is -2.12. The molecule has 0 unspecified atom stereocenters. The van der Waals surface area contributed by atoms with Crippen LogP contribution in [0.2, 0.25) is 0 Å². The number of aromatic nitrogens is 2. The molecular weight excluding hydrogens is 382 g/mol. The lowest BCUT2D eigenvalue weighted by molar-refractivity contribution is -0.123. The highest BCUT2D eigenvalue weighted by atomic mass is 79.9. The Balaban J connectivity index is 1.57. The average molecular weight is 400 g/mol. The minimum atomic E-state index is -0.166. The molecule has 1 heterocycles. The molecule has 0 radical (unpaired) electrons. The Morgan fingerprint density at radius 2 is 2.12 bits per heavy atom. The lowest BCUT2D eigenvalue weighted by Crippen LogP contribution is -2.28. The van der Waals surface area contributed by atoms with Crippen molar-refractivity contribution in [3.8, 4) is 11.4 Å². The summed E-state index contributed by atoms with van der Waals surface area (Å²) in [6, 6.07) is 13.5. The van der Waals surface area contributed by atoms with Gasteiger partial charge in [-0.05, 0) is 42.3 Å².